The summed E-state index contributed by atoms with van der Waals surface area (Å²) >= 11 is 0. The summed E-state index contributed by atoms with van der Waals surface area (Å²) in [4.78, 5) is 13.2. The van der Waals surface area contributed by atoms with Crippen molar-refractivity contribution in [1.82, 2.24) is 14.7 Å². The van der Waals surface area contributed by atoms with Gasteiger partial charge in [0.15, 0.2) is 0 Å². The van der Waals surface area contributed by atoms with Gasteiger partial charge in [-0.25, -0.2) is 0 Å². The molecule has 25 heavy (non-hydrogen) atoms. The summed E-state index contributed by atoms with van der Waals surface area (Å²) < 4.78 is 40.6. The Morgan fingerprint density at radius 3 is 2.36 bits per heavy atom. The van der Waals surface area contributed by atoms with Gasteiger partial charge in [0.25, 0.3) is 5.91 Å². The number of carbonyl (C=O) groups excluding carboxylic acids is 1. The lowest BCUT2D eigenvalue weighted by atomic mass is 9.91. The SMILES string of the molecule is CC(O)(C(=O)N1CCC(c2ccnn2C2CCCC2)CC1)C(F)(F)F. The molecule has 140 valence electrons. The van der Waals surface area contributed by atoms with Crippen LogP contribution in [0.3, 0.4) is 0 Å². The van der Waals surface area contributed by atoms with E-state index in [1.165, 1.54) is 12.8 Å². The number of halogens is 3. The van der Waals surface area contributed by atoms with Gasteiger partial charge >= 0.3 is 6.18 Å². The van der Waals surface area contributed by atoms with Crippen molar-refractivity contribution in [1.29, 1.82) is 0 Å². The lowest BCUT2D eigenvalue weighted by Crippen LogP contribution is -2.57. The van der Waals surface area contributed by atoms with Crippen LogP contribution in [0.4, 0.5) is 13.2 Å². The number of rotatable bonds is 3. The largest absolute Gasteiger partial charge is 0.426 e. The van der Waals surface area contributed by atoms with E-state index in [1.807, 2.05) is 6.07 Å². The van der Waals surface area contributed by atoms with E-state index in [0.29, 0.717) is 25.8 Å². The molecule has 2 aliphatic rings. The minimum absolute atomic E-state index is 0.183. The molecule has 2 heterocycles. The van der Waals surface area contributed by atoms with Crippen molar-refractivity contribution < 1.29 is 23.1 Å². The van der Waals surface area contributed by atoms with Gasteiger partial charge in [-0.05, 0) is 38.7 Å². The third-order valence-electron chi connectivity index (χ3n) is 5.54. The fourth-order valence-corrected chi connectivity index (χ4v) is 3.91. The van der Waals surface area contributed by atoms with E-state index in [2.05, 4.69) is 9.78 Å². The molecule has 8 heteroatoms. The molecule has 1 amide bonds. The number of carbonyl (C=O) groups is 1. The molecule has 1 aliphatic carbocycles. The average Bonchev–Trinajstić information content (AvgIpc) is 3.24. The van der Waals surface area contributed by atoms with Crippen molar-refractivity contribution >= 4 is 5.91 Å². The quantitative estimate of drug-likeness (QED) is 0.903. The van der Waals surface area contributed by atoms with Gasteiger partial charge in [-0.15, -0.1) is 0 Å². The highest BCUT2D eigenvalue weighted by Crippen LogP contribution is 2.36. The van der Waals surface area contributed by atoms with Crippen LogP contribution >= 0.6 is 0 Å². The van der Waals surface area contributed by atoms with E-state index < -0.39 is 17.7 Å². The third-order valence-corrected chi connectivity index (χ3v) is 5.54. The van der Waals surface area contributed by atoms with Crippen LogP contribution in [0.5, 0.6) is 0 Å². The maximum atomic E-state index is 12.9. The van der Waals surface area contributed by atoms with Gasteiger partial charge in [0.1, 0.15) is 0 Å². The molecule has 1 atom stereocenters. The van der Waals surface area contributed by atoms with Crippen LogP contribution in [0.2, 0.25) is 0 Å². The number of likely N-dealkylation sites (tertiary alicyclic amines) is 1. The Morgan fingerprint density at radius 2 is 1.80 bits per heavy atom. The molecule has 2 fully saturated rings. The average molecular weight is 359 g/mol. The normalized spacial score (nSPS) is 23.0. The number of aromatic nitrogens is 2. The minimum Gasteiger partial charge on any atom is -0.373 e. The fourth-order valence-electron chi connectivity index (χ4n) is 3.91. The van der Waals surface area contributed by atoms with Crippen LogP contribution in [0.25, 0.3) is 0 Å². The highest BCUT2D eigenvalue weighted by atomic mass is 19.4. The molecule has 1 unspecified atom stereocenters. The van der Waals surface area contributed by atoms with Crippen LogP contribution in [-0.2, 0) is 4.79 Å². The van der Waals surface area contributed by atoms with Crippen molar-refractivity contribution in [3.63, 3.8) is 0 Å². The zero-order chi connectivity index (χ0) is 18.2. The molecule has 1 saturated carbocycles. The van der Waals surface area contributed by atoms with Crippen molar-refractivity contribution in [3.8, 4) is 0 Å². The van der Waals surface area contributed by atoms with Gasteiger partial charge in [0, 0.05) is 30.9 Å². The summed E-state index contributed by atoms with van der Waals surface area (Å²) in [6.45, 7) is 0.952. The van der Waals surface area contributed by atoms with Gasteiger partial charge in [-0.1, -0.05) is 12.8 Å². The first-order chi connectivity index (χ1) is 11.7. The van der Waals surface area contributed by atoms with Crippen LogP contribution in [0, 0.1) is 0 Å². The summed E-state index contributed by atoms with van der Waals surface area (Å²) in [5.41, 5.74) is -2.22. The highest BCUT2D eigenvalue weighted by molar-refractivity contribution is 5.85. The number of piperidine rings is 1. The third kappa shape index (κ3) is 3.41. The molecule has 5 nitrogen and oxygen atoms in total. The molecule has 1 N–H and O–H groups in total. The topological polar surface area (TPSA) is 58.4 Å². The zero-order valence-electron chi connectivity index (χ0n) is 14.3. The molecule has 0 aromatic carbocycles. The first-order valence-corrected chi connectivity index (χ1v) is 8.83. The lowest BCUT2D eigenvalue weighted by molar-refractivity contribution is -0.250. The molecule has 1 aliphatic heterocycles. The van der Waals surface area contributed by atoms with E-state index in [0.717, 1.165) is 23.4 Å². The Bertz CT molecular complexity index is 613. The summed E-state index contributed by atoms with van der Waals surface area (Å²) in [5.74, 6) is -1.08. The Morgan fingerprint density at radius 1 is 1.20 bits per heavy atom. The smallest absolute Gasteiger partial charge is 0.373 e. The van der Waals surface area contributed by atoms with Crippen LogP contribution in [-0.4, -0.2) is 50.6 Å². The highest BCUT2D eigenvalue weighted by Gasteiger charge is 2.57. The predicted octanol–water partition coefficient (Wildman–Crippen LogP) is 3.02. The Kier molecular flexibility index (Phi) is 4.83. The number of alkyl halides is 3. The van der Waals surface area contributed by atoms with E-state index in [1.54, 1.807) is 6.20 Å². The first kappa shape index (κ1) is 18.2. The van der Waals surface area contributed by atoms with E-state index in [-0.39, 0.29) is 19.0 Å². The monoisotopic (exact) mass is 359 g/mol. The Labute approximate surface area is 144 Å². The van der Waals surface area contributed by atoms with Crippen molar-refractivity contribution in [2.24, 2.45) is 0 Å². The molecule has 1 aromatic heterocycles. The number of aliphatic hydroxyl groups is 1. The van der Waals surface area contributed by atoms with Gasteiger partial charge in [0.2, 0.25) is 5.60 Å². The minimum atomic E-state index is -4.97. The molecule has 3 rings (SSSR count). The standard InChI is InChI=1S/C17H24F3N3O2/c1-16(25,17(18,19)20)15(24)22-10-7-12(8-11-22)14-6-9-21-23(14)13-4-2-3-5-13/h6,9,12-13,25H,2-5,7-8,10-11H2,1H3. The Balaban J connectivity index is 1.65. The maximum Gasteiger partial charge on any atom is 0.426 e. The second kappa shape index (κ2) is 6.63. The van der Waals surface area contributed by atoms with Gasteiger partial charge in [-0.2, -0.15) is 18.3 Å². The summed E-state index contributed by atoms with van der Waals surface area (Å²) in [6.07, 6.45) is 2.59. The van der Waals surface area contributed by atoms with Crippen LogP contribution < -0.4 is 0 Å². The molecule has 0 radical (unpaired) electrons. The molecule has 1 aromatic rings. The number of amides is 1. The van der Waals surface area contributed by atoms with E-state index in [9.17, 15) is 23.1 Å². The molecular weight excluding hydrogens is 335 g/mol. The van der Waals surface area contributed by atoms with Crippen molar-refractivity contribution in [3.05, 3.63) is 18.0 Å². The number of hydrogen-bond donors (Lipinski definition) is 1. The van der Waals surface area contributed by atoms with Crippen molar-refractivity contribution in [2.45, 2.75) is 69.2 Å². The van der Waals surface area contributed by atoms with E-state index >= 15 is 0 Å². The van der Waals surface area contributed by atoms with Gasteiger partial charge in [0.05, 0.1) is 6.04 Å². The Hall–Kier alpha value is -1.57. The first-order valence-electron chi connectivity index (χ1n) is 8.83. The summed E-state index contributed by atoms with van der Waals surface area (Å²) in [6, 6.07) is 2.39. The van der Waals surface area contributed by atoms with Crippen LogP contribution in [0.15, 0.2) is 12.3 Å². The molecule has 0 spiro atoms. The zero-order valence-corrected chi connectivity index (χ0v) is 14.3. The summed E-state index contributed by atoms with van der Waals surface area (Å²) in [7, 11) is 0. The fraction of sp³-hybridized carbons (Fsp3) is 0.765. The van der Waals surface area contributed by atoms with Gasteiger partial charge < -0.3 is 10.0 Å². The maximum absolute atomic E-state index is 12.9. The van der Waals surface area contributed by atoms with E-state index in [4.69, 9.17) is 0 Å². The lowest BCUT2D eigenvalue weighted by Gasteiger charge is -2.37. The molecule has 1 saturated heterocycles. The second-order valence-corrected chi connectivity index (χ2v) is 7.28. The predicted molar refractivity (Wildman–Crippen MR) is 85.0 cm³/mol. The second-order valence-electron chi connectivity index (χ2n) is 7.28. The van der Waals surface area contributed by atoms with Crippen LogP contribution in [0.1, 0.15) is 63.1 Å². The molecule has 0 bridgehead atoms. The van der Waals surface area contributed by atoms with Crippen molar-refractivity contribution in [2.75, 3.05) is 13.1 Å². The number of nitrogens with zero attached hydrogens (tertiary/aromatic N) is 3. The summed E-state index contributed by atoms with van der Waals surface area (Å²) in [5, 5.41) is 14.0. The number of hydrogen-bond acceptors (Lipinski definition) is 3. The van der Waals surface area contributed by atoms with Gasteiger partial charge in [-0.3, -0.25) is 9.48 Å². The molecular formula is C17H24F3N3O2.